The predicted molar refractivity (Wildman–Crippen MR) is 152 cm³/mol. The van der Waals surface area contributed by atoms with Gasteiger partial charge in [0, 0.05) is 34.2 Å². The van der Waals surface area contributed by atoms with Crippen LogP contribution >= 0.6 is 27.5 Å². The number of fused-ring (bicyclic) bond motifs is 1. The molecule has 0 saturated heterocycles. The maximum Gasteiger partial charge on any atom is 0.313 e. The Bertz CT molecular complexity index is 1720. The molecular formula is C26H20BrClN6O6. The van der Waals surface area contributed by atoms with Crippen LogP contribution in [0.2, 0.25) is 5.02 Å². The van der Waals surface area contributed by atoms with Gasteiger partial charge in [0.2, 0.25) is 11.6 Å². The van der Waals surface area contributed by atoms with E-state index in [-0.39, 0.29) is 39.4 Å². The molecule has 0 atom stereocenters. The van der Waals surface area contributed by atoms with Crippen LogP contribution in [-0.4, -0.2) is 30.7 Å². The van der Waals surface area contributed by atoms with E-state index in [1.165, 1.54) is 29.1 Å². The standard InChI is InChI=1S/C26H20BrClN6O6/c27-17-6-8-21-19(12-17)26(35)32(25(31-21)16-4-2-1-3-5-16)30-13-15-10-20(28)24(22(11-15)34(38)39)40-23-9-7-18(14-29-23)33(36)37/h6-14,16H,1-5H2. The summed E-state index contributed by atoms with van der Waals surface area (Å²) in [4.78, 5) is 43.5. The van der Waals surface area contributed by atoms with Crippen LogP contribution in [-0.2, 0) is 0 Å². The molecule has 0 amide bonds. The molecule has 1 aliphatic rings. The van der Waals surface area contributed by atoms with Crippen molar-refractivity contribution in [3.8, 4) is 11.6 Å². The fraction of sp³-hybridized carbons (Fsp3) is 0.231. The van der Waals surface area contributed by atoms with Crippen LogP contribution in [0.15, 0.2) is 63.0 Å². The summed E-state index contributed by atoms with van der Waals surface area (Å²) < 4.78 is 7.49. The highest BCUT2D eigenvalue weighted by atomic mass is 79.9. The number of aromatic nitrogens is 3. The third-order valence-corrected chi connectivity index (χ3v) is 7.28. The zero-order valence-electron chi connectivity index (χ0n) is 20.7. The van der Waals surface area contributed by atoms with Crippen molar-refractivity contribution < 1.29 is 14.6 Å². The van der Waals surface area contributed by atoms with Crippen LogP contribution in [0, 0.1) is 20.2 Å². The molecular weight excluding hydrogens is 608 g/mol. The average molecular weight is 628 g/mol. The van der Waals surface area contributed by atoms with Crippen LogP contribution in [0.4, 0.5) is 11.4 Å². The first-order valence-electron chi connectivity index (χ1n) is 12.2. The first-order chi connectivity index (χ1) is 19.2. The monoisotopic (exact) mass is 626 g/mol. The Morgan fingerprint density at radius 1 is 1.07 bits per heavy atom. The molecule has 5 rings (SSSR count). The molecule has 2 heterocycles. The van der Waals surface area contributed by atoms with E-state index >= 15 is 0 Å². The lowest BCUT2D eigenvalue weighted by atomic mass is 9.88. The highest BCUT2D eigenvalue weighted by molar-refractivity contribution is 9.10. The Balaban J connectivity index is 1.54. The minimum atomic E-state index is -0.682. The number of benzene rings is 2. The minimum absolute atomic E-state index is 0.0505. The van der Waals surface area contributed by atoms with Crippen molar-refractivity contribution in [2.45, 2.75) is 38.0 Å². The van der Waals surface area contributed by atoms with Gasteiger partial charge in [-0.2, -0.15) is 9.78 Å². The van der Waals surface area contributed by atoms with Gasteiger partial charge in [-0.1, -0.05) is 46.8 Å². The predicted octanol–water partition coefficient (Wildman–Crippen LogP) is 6.75. The first-order valence-corrected chi connectivity index (χ1v) is 13.4. The smallest absolute Gasteiger partial charge is 0.313 e. The Hall–Kier alpha value is -4.23. The summed E-state index contributed by atoms with van der Waals surface area (Å²) >= 11 is 9.75. The van der Waals surface area contributed by atoms with Gasteiger partial charge in [-0.15, -0.1) is 0 Å². The van der Waals surface area contributed by atoms with Crippen molar-refractivity contribution in [3.63, 3.8) is 0 Å². The van der Waals surface area contributed by atoms with E-state index in [2.05, 4.69) is 26.0 Å². The molecule has 12 nitrogen and oxygen atoms in total. The summed E-state index contributed by atoms with van der Waals surface area (Å²) in [6.07, 6.45) is 7.20. The molecule has 204 valence electrons. The van der Waals surface area contributed by atoms with Gasteiger partial charge in [0.05, 0.1) is 32.0 Å². The molecule has 0 unspecified atom stereocenters. The van der Waals surface area contributed by atoms with E-state index in [0.717, 1.165) is 48.8 Å². The van der Waals surface area contributed by atoms with Crippen LogP contribution < -0.4 is 10.3 Å². The molecule has 0 radical (unpaired) electrons. The van der Waals surface area contributed by atoms with Crippen molar-refractivity contribution in [3.05, 3.63) is 100 Å². The molecule has 2 aromatic heterocycles. The number of nitrogens with zero attached hydrogens (tertiary/aromatic N) is 6. The minimum Gasteiger partial charge on any atom is -0.430 e. The largest absolute Gasteiger partial charge is 0.430 e. The van der Waals surface area contributed by atoms with E-state index in [1.54, 1.807) is 12.1 Å². The van der Waals surface area contributed by atoms with Gasteiger partial charge in [-0.25, -0.2) is 9.97 Å². The van der Waals surface area contributed by atoms with Crippen molar-refractivity contribution in [2.75, 3.05) is 0 Å². The molecule has 0 bridgehead atoms. The Morgan fingerprint density at radius 3 is 2.52 bits per heavy atom. The van der Waals surface area contributed by atoms with Crippen molar-refractivity contribution in [1.82, 2.24) is 14.6 Å². The topological polar surface area (TPSA) is 156 Å². The second-order valence-electron chi connectivity index (χ2n) is 9.15. The van der Waals surface area contributed by atoms with Gasteiger partial charge in [-0.3, -0.25) is 25.0 Å². The lowest BCUT2D eigenvalue weighted by Gasteiger charge is -2.22. The van der Waals surface area contributed by atoms with Crippen molar-refractivity contribution in [2.24, 2.45) is 5.10 Å². The lowest BCUT2D eigenvalue weighted by Crippen LogP contribution is -2.25. The number of rotatable bonds is 7. The molecule has 1 aliphatic carbocycles. The Kier molecular flexibility index (Phi) is 7.85. The van der Waals surface area contributed by atoms with E-state index in [9.17, 15) is 25.0 Å². The number of hydrogen-bond acceptors (Lipinski definition) is 9. The van der Waals surface area contributed by atoms with Crippen LogP contribution in [0.3, 0.4) is 0 Å². The molecule has 0 N–H and O–H groups in total. The number of ether oxygens (including phenoxy) is 1. The average Bonchev–Trinajstić information content (AvgIpc) is 2.94. The second-order valence-corrected chi connectivity index (χ2v) is 10.5. The van der Waals surface area contributed by atoms with Gasteiger partial charge in [0.25, 0.3) is 11.2 Å². The van der Waals surface area contributed by atoms with Crippen LogP contribution in [0.25, 0.3) is 10.9 Å². The third-order valence-electron chi connectivity index (χ3n) is 6.51. The highest BCUT2D eigenvalue weighted by Crippen LogP contribution is 2.39. The van der Waals surface area contributed by atoms with Crippen LogP contribution in [0.5, 0.6) is 11.6 Å². The Labute approximate surface area is 239 Å². The zero-order chi connectivity index (χ0) is 28.4. The molecule has 4 aromatic rings. The van der Waals surface area contributed by atoms with Crippen molar-refractivity contribution in [1.29, 1.82) is 0 Å². The van der Waals surface area contributed by atoms with Gasteiger partial charge in [-0.05, 0) is 37.1 Å². The van der Waals surface area contributed by atoms with Gasteiger partial charge in [0.15, 0.2) is 0 Å². The summed E-state index contributed by atoms with van der Waals surface area (Å²) in [6.45, 7) is 0. The number of pyridine rings is 1. The number of hydrogen-bond donors (Lipinski definition) is 0. The summed E-state index contributed by atoms with van der Waals surface area (Å²) in [5.41, 5.74) is -0.280. The Morgan fingerprint density at radius 2 is 1.85 bits per heavy atom. The molecule has 0 spiro atoms. The quantitative estimate of drug-likeness (QED) is 0.124. The van der Waals surface area contributed by atoms with Crippen molar-refractivity contribution >= 4 is 56.0 Å². The number of halogens is 2. The third kappa shape index (κ3) is 5.70. The van der Waals surface area contributed by atoms with Gasteiger partial charge < -0.3 is 4.74 Å². The molecule has 2 aromatic carbocycles. The molecule has 40 heavy (non-hydrogen) atoms. The molecule has 14 heteroatoms. The lowest BCUT2D eigenvalue weighted by molar-refractivity contribution is -0.385. The highest BCUT2D eigenvalue weighted by Gasteiger charge is 2.24. The summed E-state index contributed by atoms with van der Waals surface area (Å²) in [5.74, 6) is 0.187. The summed E-state index contributed by atoms with van der Waals surface area (Å²) in [6, 6.07) is 10.2. The number of nitro groups is 2. The molecule has 1 fully saturated rings. The fourth-order valence-corrected chi connectivity index (χ4v) is 5.21. The summed E-state index contributed by atoms with van der Waals surface area (Å²) in [5, 5.41) is 27.4. The van der Waals surface area contributed by atoms with Gasteiger partial charge >= 0.3 is 5.69 Å². The molecule has 0 aliphatic heterocycles. The van der Waals surface area contributed by atoms with E-state index in [1.807, 2.05) is 6.07 Å². The summed E-state index contributed by atoms with van der Waals surface area (Å²) in [7, 11) is 0. The normalized spacial score (nSPS) is 14.1. The zero-order valence-corrected chi connectivity index (χ0v) is 23.0. The van der Waals surface area contributed by atoms with E-state index in [4.69, 9.17) is 21.3 Å². The van der Waals surface area contributed by atoms with Gasteiger partial charge in [0.1, 0.15) is 12.0 Å². The first kappa shape index (κ1) is 27.3. The SMILES string of the molecule is O=c1c2cc(Br)ccc2nc(C2CCCCC2)n1N=Cc1cc(Cl)c(Oc2ccc([N+](=O)[O-])cn2)c([N+](=O)[O-])c1. The van der Waals surface area contributed by atoms with E-state index in [0.29, 0.717) is 16.7 Å². The number of nitro benzene ring substituents is 1. The second kappa shape index (κ2) is 11.5. The maximum atomic E-state index is 13.5. The molecule has 1 saturated carbocycles. The van der Waals surface area contributed by atoms with Crippen LogP contribution in [0.1, 0.15) is 49.4 Å². The fourth-order valence-electron chi connectivity index (χ4n) is 4.58. The maximum absolute atomic E-state index is 13.5. The van der Waals surface area contributed by atoms with E-state index < -0.39 is 15.5 Å².